The quantitative estimate of drug-likeness (QED) is 0.290. The van der Waals surface area contributed by atoms with Crippen molar-refractivity contribution in [1.29, 1.82) is 0 Å². The van der Waals surface area contributed by atoms with E-state index in [2.05, 4.69) is 0 Å². The van der Waals surface area contributed by atoms with E-state index in [0.29, 0.717) is 29.8 Å². The number of allylic oxidation sites excluding steroid dienone is 2. The standard InChI is InChI=1S/C28H28N2O5/c1-16-8-10-23(17(2)12-16)29-15-19(14-25(29)31)28(34)35-20-9-11-24(18(3)13-20)30-26(32)21-6-4-5-7-22(21)27(30)33/h4-5,8-13,19,21-22H,6-7,14-15H2,1-3H3/t19-,21-,22-/m1/s1. The average molecular weight is 473 g/mol. The number of rotatable bonds is 4. The highest BCUT2D eigenvalue weighted by atomic mass is 16.5. The third kappa shape index (κ3) is 4.05. The third-order valence-electron chi connectivity index (χ3n) is 7.24. The smallest absolute Gasteiger partial charge is 0.316 e. The maximum atomic E-state index is 12.9. The Labute approximate surface area is 204 Å². The van der Waals surface area contributed by atoms with Gasteiger partial charge in [0.2, 0.25) is 17.7 Å². The number of hydrogen-bond donors (Lipinski definition) is 0. The predicted molar refractivity (Wildman–Crippen MR) is 131 cm³/mol. The van der Waals surface area contributed by atoms with Gasteiger partial charge < -0.3 is 9.64 Å². The lowest BCUT2D eigenvalue weighted by Crippen LogP contribution is -2.31. The zero-order valence-electron chi connectivity index (χ0n) is 20.1. The van der Waals surface area contributed by atoms with Crippen LogP contribution < -0.4 is 14.5 Å². The monoisotopic (exact) mass is 472 g/mol. The summed E-state index contributed by atoms with van der Waals surface area (Å²) < 4.78 is 5.61. The molecule has 2 fully saturated rings. The van der Waals surface area contributed by atoms with Gasteiger partial charge in [-0.25, -0.2) is 4.90 Å². The molecule has 0 unspecified atom stereocenters. The zero-order chi connectivity index (χ0) is 24.9. The molecular formula is C28H28N2O5. The fourth-order valence-corrected chi connectivity index (χ4v) is 5.39. The van der Waals surface area contributed by atoms with Gasteiger partial charge in [-0.2, -0.15) is 0 Å². The van der Waals surface area contributed by atoms with Crippen LogP contribution in [0.3, 0.4) is 0 Å². The molecule has 2 saturated heterocycles. The minimum absolute atomic E-state index is 0.0941. The van der Waals surface area contributed by atoms with Crippen molar-refractivity contribution >= 4 is 35.1 Å². The maximum Gasteiger partial charge on any atom is 0.316 e. The van der Waals surface area contributed by atoms with Crippen molar-refractivity contribution in [3.63, 3.8) is 0 Å². The van der Waals surface area contributed by atoms with Gasteiger partial charge in [0, 0.05) is 18.7 Å². The number of hydrogen-bond acceptors (Lipinski definition) is 5. The van der Waals surface area contributed by atoms with E-state index in [-0.39, 0.29) is 42.5 Å². The first kappa shape index (κ1) is 23.0. The van der Waals surface area contributed by atoms with E-state index in [1.807, 2.05) is 44.2 Å². The summed E-state index contributed by atoms with van der Waals surface area (Å²) in [6, 6.07) is 10.8. The molecule has 35 heavy (non-hydrogen) atoms. The minimum Gasteiger partial charge on any atom is -0.426 e. The third-order valence-corrected chi connectivity index (χ3v) is 7.24. The van der Waals surface area contributed by atoms with Gasteiger partial charge in [-0.3, -0.25) is 19.2 Å². The van der Waals surface area contributed by atoms with Crippen LogP contribution in [-0.4, -0.2) is 30.2 Å². The molecule has 2 heterocycles. The van der Waals surface area contributed by atoms with E-state index < -0.39 is 11.9 Å². The first-order chi connectivity index (χ1) is 16.7. The molecule has 2 aliphatic heterocycles. The SMILES string of the molecule is Cc1ccc(N2C[C@H](C(=O)Oc3ccc(N4C(=O)[C@@H]5CC=CC[C@H]5C4=O)c(C)c3)CC2=O)c(C)c1. The number of nitrogens with zero attached hydrogens (tertiary/aromatic N) is 2. The lowest BCUT2D eigenvalue weighted by molar-refractivity contribution is -0.139. The molecule has 0 radical (unpaired) electrons. The topological polar surface area (TPSA) is 84.0 Å². The zero-order valence-corrected chi connectivity index (χ0v) is 20.1. The molecule has 7 heteroatoms. The van der Waals surface area contributed by atoms with Crippen LogP contribution in [0.25, 0.3) is 0 Å². The maximum absolute atomic E-state index is 12.9. The van der Waals surface area contributed by atoms with Crippen molar-refractivity contribution in [3.05, 3.63) is 65.2 Å². The van der Waals surface area contributed by atoms with E-state index in [9.17, 15) is 19.2 Å². The van der Waals surface area contributed by atoms with Crippen molar-refractivity contribution in [3.8, 4) is 5.75 Å². The second-order valence-electron chi connectivity index (χ2n) is 9.73. The molecule has 3 atom stereocenters. The molecule has 2 aromatic carbocycles. The molecule has 7 nitrogen and oxygen atoms in total. The van der Waals surface area contributed by atoms with Crippen LogP contribution >= 0.6 is 0 Å². The summed E-state index contributed by atoms with van der Waals surface area (Å²) >= 11 is 0. The van der Waals surface area contributed by atoms with Gasteiger partial charge in [-0.1, -0.05) is 29.8 Å². The molecule has 3 amide bonds. The normalized spacial score (nSPS) is 23.7. The molecule has 2 aromatic rings. The Bertz CT molecular complexity index is 1250. The molecule has 180 valence electrons. The van der Waals surface area contributed by atoms with Crippen molar-refractivity contribution in [2.24, 2.45) is 17.8 Å². The van der Waals surface area contributed by atoms with Crippen LogP contribution in [0.2, 0.25) is 0 Å². The highest BCUT2D eigenvalue weighted by Crippen LogP contribution is 2.39. The Morgan fingerprint density at radius 3 is 2.11 bits per heavy atom. The number of ether oxygens (including phenoxy) is 1. The second kappa shape index (κ2) is 8.80. The van der Waals surface area contributed by atoms with Gasteiger partial charge in [-0.15, -0.1) is 0 Å². The highest BCUT2D eigenvalue weighted by molar-refractivity contribution is 6.22. The lowest BCUT2D eigenvalue weighted by atomic mass is 9.85. The van der Waals surface area contributed by atoms with E-state index >= 15 is 0 Å². The number of esters is 1. The van der Waals surface area contributed by atoms with Crippen molar-refractivity contribution < 1.29 is 23.9 Å². The van der Waals surface area contributed by atoms with Crippen LogP contribution in [-0.2, 0) is 19.2 Å². The van der Waals surface area contributed by atoms with E-state index in [4.69, 9.17) is 4.74 Å². The molecule has 0 bridgehead atoms. The molecule has 1 aliphatic carbocycles. The molecule has 0 aromatic heterocycles. The fraction of sp³-hybridized carbons (Fsp3) is 0.357. The van der Waals surface area contributed by atoms with Crippen LogP contribution in [0.4, 0.5) is 11.4 Å². The van der Waals surface area contributed by atoms with Crippen LogP contribution in [0.5, 0.6) is 5.75 Å². The molecule has 0 saturated carbocycles. The van der Waals surface area contributed by atoms with Gasteiger partial charge in [-0.05, 0) is 69.0 Å². The second-order valence-corrected chi connectivity index (χ2v) is 9.73. The number of aryl methyl sites for hydroxylation is 3. The summed E-state index contributed by atoms with van der Waals surface area (Å²) in [4.78, 5) is 54.3. The largest absolute Gasteiger partial charge is 0.426 e. The van der Waals surface area contributed by atoms with Gasteiger partial charge in [0.1, 0.15) is 5.75 Å². The van der Waals surface area contributed by atoms with Gasteiger partial charge >= 0.3 is 5.97 Å². The van der Waals surface area contributed by atoms with Gasteiger partial charge in [0.05, 0.1) is 23.4 Å². The molecule has 5 rings (SSSR count). The Balaban J connectivity index is 1.29. The Hall–Kier alpha value is -3.74. The number of carbonyl (C=O) groups is 4. The van der Waals surface area contributed by atoms with Crippen LogP contribution in [0, 0.1) is 38.5 Å². The van der Waals surface area contributed by atoms with Gasteiger partial charge in [0.25, 0.3) is 0 Å². The van der Waals surface area contributed by atoms with Crippen LogP contribution in [0.1, 0.15) is 36.0 Å². The Morgan fingerprint density at radius 1 is 0.857 bits per heavy atom. The van der Waals surface area contributed by atoms with Crippen molar-refractivity contribution in [2.45, 2.75) is 40.0 Å². The Morgan fingerprint density at radius 2 is 1.49 bits per heavy atom. The van der Waals surface area contributed by atoms with E-state index in [1.54, 1.807) is 30.0 Å². The predicted octanol–water partition coefficient (Wildman–Crippen LogP) is 4.03. The van der Waals surface area contributed by atoms with Crippen LogP contribution in [0.15, 0.2) is 48.6 Å². The lowest BCUT2D eigenvalue weighted by Gasteiger charge is -2.20. The summed E-state index contributed by atoms with van der Waals surface area (Å²) in [5.41, 5.74) is 4.10. The van der Waals surface area contributed by atoms with E-state index in [0.717, 1.165) is 16.8 Å². The number of fused-ring (bicyclic) bond motifs is 1. The van der Waals surface area contributed by atoms with E-state index in [1.165, 1.54) is 4.90 Å². The first-order valence-electron chi connectivity index (χ1n) is 12.0. The summed E-state index contributed by atoms with van der Waals surface area (Å²) in [5, 5.41) is 0. The fourth-order valence-electron chi connectivity index (χ4n) is 5.39. The number of imide groups is 1. The minimum atomic E-state index is -0.569. The molecule has 0 N–H and O–H groups in total. The first-order valence-corrected chi connectivity index (χ1v) is 12.0. The number of benzene rings is 2. The highest BCUT2D eigenvalue weighted by Gasteiger charge is 2.48. The average Bonchev–Trinajstić information content (AvgIpc) is 3.32. The number of anilines is 2. The molecule has 0 spiro atoms. The van der Waals surface area contributed by atoms with Crippen molar-refractivity contribution in [2.75, 3.05) is 16.3 Å². The summed E-state index contributed by atoms with van der Waals surface area (Å²) in [6.07, 6.45) is 5.18. The molecular weight excluding hydrogens is 444 g/mol. The number of carbonyl (C=O) groups excluding carboxylic acids is 4. The summed E-state index contributed by atoms with van der Waals surface area (Å²) in [7, 11) is 0. The summed E-state index contributed by atoms with van der Waals surface area (Å²) in [6.45, 7) is 6.00. The molecule has 3 aliphatic rings. The van der Waals surface area contributed by atoms with Crippen molar-refractivity contribution in [1.82, 2.24) is 0 Å². The van der Waals surface area contributed by atoms with Gasteiger partial charge in [0.15, 0.2) is 0 Å². The Kier molecular flexibility index (Phi) is 5.79. The summed E-state index contributed by atoms with van der Waals surface area (Å²) in [5.74, 6) is -1.77. The number of amides is 3.